The number of hydrogen-bond acceptors (Lipinski definition) is 4. The number of sulfonamides is 1. The Morgan fingerprint density at radius 3 is 2.53 bits per heavy atom. The molecule has 1 aromatic rings. The lowest BCUT2D eigenvalue weighted by molar-refractivity contribution is 0.364. The molecule has 0 amide bonds. The molecule has 108 valence electrons. The molecule has 0 aliphatic rings. The van der Waals surface area contributed by atoms with Gasteiger partial charge in [-0.3, -0.25) is 0 Å². The molecule has 19 heavy (non-hydrogen) atoms. The van der Waals surface area contributed by atoms with Gasteiger partial charge in [-0.2, -0.15) is 0 Å². The van der Waals surface area contributed by atoms with Crippen LogP contribution >= 0.6 is 0 Å². The summed E-state index contributed by atoms with van der Waals surface area (Å²) in [5.74, 6) is 0. The van der Waals surface area contributed by atoms with Crippen molar-refractivity contribution >= 4 is 10.0 Å². The first-order chi connectivity index (χ1) is 8.86. The van der Waals surface area contributed by atoms with Gasteiger partial charge in [0.05, 0.1) is 4.90 Å². The van der Waals surface area contributed by atoms with E-state index in [2.05, 4.69) is 17.1 Å². The summed E-state index contributed by atoms with van der Waals surface area (Å²) in [6, 6.07) is 5.20. The molecule has 1 rings (SSSR count). The van der Waals surface area contributed by atoms with Crippen LogP contribution in [0.2, 0.25) is 0 Å². The molecule has 1 aromatic carbocycles. The van der Waals surface area contributed by atoms with Crippen molar-refractivity contribution in [2.24, 2.45) is 0 Å². The maximum Gasteiger partial charge on any atom is 0.253 e. The normalized spacial score (nSPS) is 12.1. The van der Waals surface area contributed by atoms with Gasteiger partial charge in [-0.1, -0.05) is 13.0 Å². The molecular weight excluding hydrogens is 262 g/mol. The SMILES string of the molecule is CCCNCc1cc(S(=O)(=O)NN(C)C)ccc1C. The lowest BCUT2D eigenvalue weighted by Crippen LogP contribution is -2.36. The lowest BCUT2D eigenvalue weighted by Gasteiger charge is -2.14. The molecule has 0 saturated carbocycles. The molecule has 0 aromatic heterocycles. The van der Waals surface area contributed by atoms with E-state index in [1.54, 1.807) is 26.2 Å². The fourth-order valence-corrected chi connectivity index (χ4v) is 2.83. The Bertz CT molecular complexity index is 513. The Kier molecular flexibility index (Phi) is 5.93. The predicted octanol–water partition coefficient (Wildman–Crippen LogP) is 1.25. The topological polar surface area (TPSA) is 61.4 Å². The maximum atomic E-state index is 12.1. The van der Waals surface area contributed by atoms with Crippen LogP contribution < -0.4 is 10.1 Å². The third kappa shape index (κ3) is 4.91. The van der Waals surface area contributed by atoms with E-state index in [4.69, 9.17) is 0 Å². The molecule has 5 nitrogen and oxygen atoms in total. The lowest BCUT2D eigenvalue weighted by atomic mass is 10.1. The Hall–Kier alpha value is -0.950. The first kappa shape index (κ1) is 16.1. The van der Waals surface area contributed by atoms with E-state index in [0.717, 1.165) is 24.1 Å². The van der Waals surface area contributed by atoms with Crippen molar-refractivity contribution in [2.45, 2.75) is 31.7 Å². The van der Waals surface area contributed by atoms with Gasteiger partial charge in [-0.25, -0.2) is 13.4 Å². The van der Waals surface area contributed by atoms with E-state index in [9.17, 15) is 8.42 Å². The summed E-state index contributed by atoms with van der Waals surface area (Å²) in [5.41, 5.74) is 2.10. The number of benzene rings is 1. The minimum absolute atomic E-state index is 0.292. The van der Waals surface area contributed by atoms with Gasteiger partial charge in [-0.15, -0.1) is 4.83 Å². The number of nitrogens with zero attached hydrogens (tertiary/aromatic N) is 1. The van der Waals surface area contributed by atoms with E-state index >= 15 is 0 Å². The summed E-state index contributed by atoms with van der Waals surface area (Å²) in [5, 5.41) is 4.71. The summed E-state index contributed by atoms with van der Waals surface area (Å²) in [6.45, 7) is 5.69. The van der Waals surface area contributed by atoms with Crippen LogP contribution in [-0.2, 0) is 16.6 Å². The van der Waals surface area contributed by atoms with Crippen LogP contribution in [0, 0.1) is 6.92 Å². The molecule has 0 bridgehead atoms. The van der Waals surface area contributed by atoms with Crippen molar-refractivity contribution in [1.82, 2.24) is 15.2 Å². The molecule has 0 aliphatic heterocycles. The van der Waals surface area contributed by atoms with Gasteiger partial charge in [0.2, 0.25) is 0 Å². The quantitative estimate of drug-likeness (QED) is 0.585. The molecular formula is C13H23N3O2S. The third-order valence-electron chi connectivity index (χ3n) is 2.68. The highest BCUT2D eigenvalue weighted by atomic mass is 32.2. The second-order valence-electron chi connectivity index (χ2n) is 4.75. The number of nitrogens with one attached hydrogen (secondary N) is 2. The molecule has 0 heterocycles. The second kappa shape index (κ2) is 7.00. The number of aryl methyl sites for hydroxylation is 1. The Morgan fingerprint density at radius 2 is 1.95 bits per heavy atom. The highest BCUT2D eigenvalue weighted by Gasteiger charge is 2.15. The molecule has 0 radical (unpaired) electrons. The van der Waals surface area contributed by atoms with E-state index in [1.807, 2.05) is 13.0 Å². The monoisotopic (exact) mass is 285 g/mol. The molecule has 0 fully saturated rings. The van der Waals surface area contributed by atoms with Crippen molar-refractivity contribution < 1.29 is 8.42 Å². The van der Waals surface area contributed by atoms with Crippen LogP contribution in [0.25, 0.3) is 0 Å². The van der Waals surface area contributed by atoms with E-state index in [1.165, 1.54) is 5.01 Å². The fourth-order valence-electron chi connectivity index (χ4n) is 1.70. The van der Waals surface area contributed by atoms with E-state index in [-0.39, 0.29) is 0 Å². The smallest absolute Gasteiger partial charge is 0.253 e. The molecule has 0 unspecified atom stereocenters. The van der Waals surface area contributed by atoms with Crippen LogP contribution in [0.4, 0.5) is 0 Å². The predicted molar refractivity (Wildman–Crippen MR) is 77.2 cm³/mol. The summed E-state index contributed by atoms with van der Waals surface area (Å²) in [4.78, 5) is 2.73. The average Bonchev–Trinajstić information content (AvgIpc) is 2.30. The largest absolute Gasteiger partial charge is 0.313 e. The van der Waals surface area contributed by atoms with Gasteiger partial charge >= 0.3 is 0 Å². The molecule has 0 atom stereocenters. The highest BCUT2D eigenvalue weighted by molar-refractivity contribution is 7.89. The molecule has 2 N–H and O–H groups in total. The van der Waals surface area contributed by atoms with Crippen LogP contribution in [0.1, 0.15) is 24.5 Å². The number of hydrogen-bond donors (Lipinski definition) is 2. The zero-order valence-corrected chi connectivity index (χ0v) is 12.8. The third-order valence-corrected chi connectivity index (χ3v) is 4.16. The fraction of sp³-hybridized carbons (Fsp3) is 0.538. The van der Waals surface area contributed by atoms with Crippen molar-refractivity contribution in [1.29, 1.82) is 0 Å². The van der Waals surface area contributed by atoms with Gasteiger partial charge in [0.1, 0.15) is 0 Å². The standard InChI is InChI=1S/C13H23N3O2S/c1-5-8-14-10-12-9-13(7-6-11(12)2)19(17,18)15-16(3)4/h6-7,9,14-15H,5,8,10H2,1-4H3. The Labute approximate surface area is 116 Å². The maximum absolute atomic E-state index is 12.1. The van der Waals surface area contributed by atoms with Crippen molar-refractivity contribution in [3.8, 4) is 0 Å². The molecule has 0 saturated heterocycles. The van der Waals surface area contributed by atoms with Crippen molar-refractivity contribution in [2.75, 3.05) is 20.6 Å². The van der Waals surface area contributed by atoms with Crippen molar-refractivity contribution in [3.63, 3.8) is 0 Å². The zero-order valence-electron chi connectivity index (χ0n) is 12.0. The Balaban J connectivity index is 2.95. The van der Waals surface area contributed by atoms with E-state index < -0.39 is 10.0 Å². The van der Waals surface area contributed by atoms with E-state index in [0.29, 0.717) is 11.4 Å². The minimum Gasteiger partial charge on any atom is -0.313 e. The van der Waals surface area contributed by atoms with Gasteiger partial charge < -0.3 is 5.32 Å². The summed E-state index contributed by atoms with van der Waals surface area (Å²) in [7, 11) is -0.185. The van der Waals surface area contributed by atoms with Gasteiger partial charge in [-0.05, 0) is 43.1 Å². The molecule has 6 heteroatoms. The van der Waals surface area contributed by atoms with Crippen LogP contribution in [0.5, 0.6) is 0 Å². The summed E-state index contributed by atoms with van der Waals surface area (Å²) in [6.07, 6.45) is 1.05. The van der Waals surface area contributed by atoms with Gasteiger partial charge in [0.25, 0.3) is 10.0 Å². The minimum atomic E-state index is -3.48. The number of hydrazine groups is 1. The van der Waals surface area contributed by atoms with Crippen LogP contribution in [0.3, 0.4) is 0 Å². The summed E-state index contributed by atoms with van der Waals surface area (Å²) >= 11 is 0. The average molecular weight is 285 g/mol. The second-order valence-corrected chi connectivity index (χ2v) is 6.42. The first-order valence-corrected chi connectivity index (χ1v) is 7.85. The van der Waals surface area contributed by atoms with Crippen molar-refractivity contribution in [3.05, 3.63) is 29.3 Å². The van der Waals surface area contributed by atoms with Crippen LogP contribution in [-0.4, -0.2) is 34.1 Å². The van der Waals surface area contributed by atoms with Gasteiger partial charge in [0.15, 0.2) is 0 Å². The molecule has 0 spiro atoms. The first-order valence-electron chi connectivity index (χ1n) is 6.37. The van der Waals surface area contributed by atoms with Crippen LogP contribution in [0.15, 0.2) is 23.1 Å². The summed E-state index contributed by atoms with van der Waals surface area (Å²) < 4.78 is 24.1. The Morgan fingerprint density at radius 1 is 1.26 bits per heavy atom. The highest BCUT2D eigenvalue weighted by Crippen LogP contribution is 2.15. The van der Waals surface area contributed by atoms with Gasteiger partial charge in [0, 0.05) is 20.6 Å². The molecule has 0 aliphatic carbocycles. The zero-order chi connectivity index (χ0) is 14.5. The number of rotatable bonds is 7.